The molecule has 2 aromatic rings. The van der Waals surface area contributed by atoms with E-state index in [9.17, 15) is 4.39 Å². The second-order valence-corrected chi connectivity index (χ2v) is 7.95. The maximum atomic E-state index is 13.9. The molecule has 0 radical (unpaired) electrons. The highest BCUT2D eigenvalue weighted by molar-refractivity contribution is 6.36. The molecule has 1 aromatic heterocycles. The predicted molar refractivity (Wildman–Crippen MR) is 124 cm³/mol. The van der Waals surface area contributed by atoms with Crippen molar-refractivity contribution in [3.8, 4) is 0 Å². The van der Waals surface area contributed by atoms with Crippen molar-refractivity contribution in [1.82, 2.24) is 10.3 Å². The van der Waals surface area contributed by atoms with Gasteiger partial charge in [-0.2, -0.15) is 0 Å². The Hall–Kier alpha value is -2.35. The fraction of sp³-hybridized carbons (Fsp3) is 0.333. The molecule has 0 aliphatic carbocycles. The average Bonchev–Trinajstić information content (AvgIpc) is 2.74. The summed E-state index contributed by atoms with van der Waals surface area (Å²) in [7, 11) is 0. The molecule has 1 unspecified atom stereocenters. The Kier molecular flexibility index (Phi) is 7.53. The van der Waals surface area contributed by atoms with Gasteiger partial charge >= 0.3 is 0 Å². The molecule has 6 nitrogen and oxygen atoms in total. The van der Waals surface area contributed by atoms with Crippen LogP contribution in [0.1, 0.15) is 36.9 Å². The van der Waals surface area contributed by atoms with Crippen molar-refractivity contribution in [3.05, 3.63) is 57.6 Å². The van der Waals surface area contributed by atoms with E-state index in [2.05, 4.69) is 20.6 Å². The third-order valence-corrected chi connectivity index (χ3v) is 5.76. The van der Waals surface area contributed by atoms with Gasteiger partial charge in [0.15, 0.2) is 0 Å². The normalized spacial score (nSPS) is 16.7. The molecule has 1 aliphatic heterocycles. The summed E-state index contributed by atoms with van der Waals surface area (Å²) < 4.78 is 13.9. The van der Waals surface area contributed by atoms with Crippen LogP contribution in [0.2, 0.25) is 10.0 Å². The Labute approximate surface area is 185 Å². The second kappa shape index (κ2) is 10.1. The van der Waals surface area contributed by atoms with Crippen LogP contribution in [0.25, 0.3) is 5.57 Å². The van der Waals surface area contributed by atoms with Gasteiger partial charge in [0.2, 0.25) is 0 Å². The Morgan fingerprint density at radius 3 is 2.80 bits per heavy atom. The highest BCUT2D eigenvalue weighted by atomic mass is 35.5. The fourth-order valence-electron chi connectivity index (χ4n) is 3.35. The van der Waals surface area contributed by atoms with Gasteiger partial charge in [0, 0.05) is 40.3 Å². The van der Waals surface area contributed by atoms with Crippen molar-refractivity contribution < 1.29 is 4.39 Å². The lowest BCUT2D eigenvalue weighted by molar-refractivity contribution is 0.461. The number of anilines is 2. The minimum Gasteiger partial charge on any atom is -0.404 e. The van der Waals surface area contributed by atoms with Crippen molar-refractivity contribution in [2.75, 3.05) is 24.1 Å². The van der Waals surface area contributed by atoms with Gasteiger partial charge in [0.1, 0.15) is 11.6 Å². The van der Waals surface area contributed by atoms with Gasteiger partial charge in [0.05, 0.1) is 22.8 Å². The molecule has 9 heteroatoms. The molecule has 1 aliphatic rings. The van der Waals surface area contributed by atoms with Crippen LogP contribution in [-0.2, 0) is 0 Å². The average molecular weight is 451 g/mol. The predicted octanol–water partition coefficient (Wildman–Crippen LogP) is 4.41. The smallest absolute Gasteiger partial charge is 0.146 e. The molecule has 1 saturated heterocycles. The molecule has 1 atom stereocenters. The molecule has 0 bridgehead atoms. The molecule has 1 fully saturated rings. The van der Waals surface area contributed by atoms with Crippen LogP contribution in [0.5, 0.6) is 0 Å². The summed E-state index contributed by atoms with van der Waals surface area (Å²) in [6.45, 7) is 3.74. The van der Waals surface area contributed by atoms with E-state index in [1.54, 1.807) is 12.4 Å². The second-order valence-electron chi connectivity index (χ2n) is 7.16. The van der Waals surface area contributed by atoms with Crippen LogP contribution in [0.4, 0.5) is 15.9 Å². The number of piperidine rings is 1. The van der Waals surface area contributed by atoms with Gasteiger partial charge in [0.25, 0.3) is 0 Å². The lowest BCUT2D eigenvalue weighted by Gasteiger charge is -2.20. The third kappa shape index (κ3) is 5.22. The first-order valence-electron chi connectivity index (χ1n) is 9.72. The largest absolute Gasteiger partial charge is 0.404 e. The van der Waals surface area contributed by atoms with E-state index in [1.165, 1.54) is 18.3 Å². The highest BCUT2D eigenvalue weighted by Gasteiger charge is 2.18. The van der Waals surface area contributed by atoms with Crippen LogP contribution in [0, 0.1) is 5.82 Å². The summed E-state index contributed by atoms with van der Waals surface area (Å²) in [5.41, 5.74) is 14.4. The monoisotopic (exact) mass is 450 g/mol. The number of allylic oxidation sites excluding steroid dienone is 1. The lowest BCUT2D eigenvalue weighted by atomic mass is 10.1. The number of rotatable bonds is 6. The number of aromatic nitrogens is 1. The topological polar surface area (TPSA) is 101 Å². The minimum absolute atomic E-state index is 0.0261. The molecule has 0 saturated carbocycles. The molecular weight excluding hydrogens is 426 g/mol. The summed E-state index contributed by atoms with van der Waals surface area (Å²) in [6.07, 6.45) is 6.89. The maximum absolute atomic E-state index is 13.9. The van der Waals surface area contributed by atoms with Gasteiger partial charge in [-0.05, 0) is 51.1 Å². The number of pyridine rings is 1. The number of benzene rings is 1. The zero-order valence-corrected chi connectivity index (χ0v) is 18.1. The Morgan fingerprint density at radius 1 is 1.37 bits per heavy atom. The molecule has 2 heterocycles. The molecule has 0 amide bonds. The molecule has 3 rings (SSSR count). The lowest BCUT2D eigenvalue weighted by Crippen LogP contribution is -2.29. The van der Waals surface area contributed by atoms with E-state index in [-0.39, 0.29) is 11.1 Å². The van der Waals surface area contributed by atoms with E-state index in [0.29, 0.717) is 22.1 Å². The zero-order chi connectivity index (χ0) is 21.7. The summed E-state index contributed by atoms with van der Waals surface area (Å²) in [4.78, 5) is 8.91. The third-order valence-electron chi connectivity index (χ3n) is 5.05. The first kappa shape index (κ1) is 22.3. The van der Waals surface area contributed by atoms with Crippen LogP contribution in [0.15, 0.2) is 35.6 Å². The van der Waals surface area contributed by atoms with Crippen molar-refractivity contribution in [2.45, 2.75) is 31.8 Å². The van der Waals surface area contributed by atoms with Crippen LogP contribution >= 0.6 is 23.2 Å². The molecule has 1 aromatic carbocycles. The van der Waals surface area contributed by atoms with Crippen molar-refractivity contribution in [3.63, 3.8) is 0 Å². The molecule has 160 valence electrons. The summed E-state index contributed by atoms with van der Waals surface area (Å²) in [5.74, 6) is -0.243. The maximum Gasteiger partial charge on any atom is 0.146 e. The van der Waals surface area contributed by atoms with Crippen LogP contribution in [-0.4, -0.2) is 30.3 Å². The number of aliphatic imine (C=N–C) groups is 1. The molecule has 0 spiro atoms. The van der Waals surface area contributed by atoms with Crippen molar-refractivity contribution in [2.24, 2.45) is 10.7 Å². The quantitative estimate of drug-likeness (QED) is 0.385. The zero-order valence-electron chi connectivity index (χ0n) is 16.6. The number of hydrogen-bond acceptors (Lipinski definition) is 6. The SMILES string of the molecule is CC(Nc1cc(C(C=NC2CCNCC2)=CN)cnc1N)c1c(Cl)ccc(F)c1Cl. The van der Waals surface area contributed by atoms with Gasteiger partial charge in [-0.25, -0.2) is 9.37 Å². The number of hydrogen-bond donors (Lipinski definition) is 4. The highest BCUT2D eigenvalue weighted by Crippen LogP contribution is 2.35. The number of nitrogens with one attached hydrogen (secondary N) is 2. The van der Waals surface area contributed by atoms with E-state index in [4.69, 9.17) is 34.7 Å². The Balaban J connectivity index is 1.82. The van der Waals surface area contributed by atoms with E-state index >= 15 is 0 Å². The van der Waals surface area contributed by atoms with Crippen LogP contribution in [0.3, 0.4) is 0 Å². The number of nitrogens with zero attached hydrogens (tertiary/aromatic N) is 2. The Morgan fingerprint density at radius 2 is 2.10 bits per heavy atom. The number of nitrogens with two attached hydrogens (primary N) is 2. The molecule has 6 N–H and O–H groups in total. The van der Waals surface area contributed by atoms with E-state index in [1.807, 2.05) is 13.0 Å². The Bertz CT molecular complexity index is 957. The van der Waals surface area contributed by atoms with Gasteiger partial charge in [-0.3, -0.25) is 4.99 Å². The molecule has 30 heavy (non-hydrogen) atoms. The summed E-state index contributed by atoms with van der Waals surface area (Å²) in [6, 6.07) is 4.40. The summed E-state index contributed by atoms with van der Waals surface area (Å²) >= 11 is 12.4. The van der Waals surface area contributed by atoms with Gasteiger partial charge in [-0.1, -0.05) is 23.2 Å². The van der Waals surface area contributed by atoms with Gasteiger partial charge < -0.3 is 22.1 Å². The van der Waals surface area contributed by atoms with Crippen LogP contribution < -0.4 is 22.1 Å². The van der Waals surface area contributed by atoms with Crippen molar-refractivity contribution in [1.29, 1.82) is 0 Å². The van der Waals surface area contributed by atoms with E-state index in [0.717, 1.165) is 37.1 Å². The first-order valence-corrected chi connectivity index (χ1v) is 10.5. The molecular formula is C21H25Cl2FN6. The standard InChI is InChI=1S/C21H25Cl2FN6/c1-12(19-16(22)2-3-17(24)20(19)23)30-18-8-13(10-29-21(18)26)14(9-25)11-28-15-4-6-27-7-5-15/h2-3,8-12,15,27,30H,4-7,25H2,1H3,(H2,26,29). The van der Waals surface area contributed by atoms with Gasteiger partial charge in [-0.15, -0.1) is 0 Å². The number of halogens is 3. The van der Waals surface area contributed by atoms with Crippen molar-refractivity contribution >= 4 is 46.5 Å². The van der Waals surface area contributed by atoms with E-state index < -0.39 is 11.9 Å². The number of nitrogen functional groups attached to an aromatic ring is 1. The fourth-order valence-corrected chi connectivity index (χ4v) is 4.05. The minimum atomic E-state index is -0.535. The summed E-state index contributed by atoms with van der Waals surface area (Å²) in [5, 5.41) is 6.87. The first-order chi connectivity index (χ1) is 14.4.